The standard InChI is InChI=1S/C35H20N4S/c1-2-10-22-19-23(17-16-21(22)9-1)32-24-11-3-5-13-27(24)36-35(38-32)26-20-28-33(37-30-15-7-8-18-39(28)30)34-31(26)25-12-4-6-14-29(25)40-34/h1-20H. The number of thiophene rings is 1. The molecule has 4 aromatic heterocycles. The number of benzene rings is 5. The van der Waals surface area contributed by atoms with Crippen LogP contribution < -0.4 is 0 Å². The lowest BCUT2D eigenvalue weighted by atomic mass is 10.0. The van der Waals surface area contributed by atoms with Crippen molar-refractivity contribution >= 4 is 69.9 Å². The molecule has 4 nitrogen and oxygen atoms in total. The lowest BCUT2D eigenvalue weighted by molar-refractivity contribution is 1.22. The summed E-state index contributed by atoms with van der Waals surface area (Å²) in [4.78, 5) is 15.5. The number of imidazole rings is 1. The highest BCUT2D eigenvalue weighted by molar-refractivity contribution is 7.26. The Bertz CT molecular complexity index is 2450. The fourth-order valence-corrected chi connectivity index (χ4v) is 7.15. The summed E-state index contributed by atoms with van der Waals surface area (Å²) in [7, 11) is 0. The molecule has 0 saturated carbocycles. The van der Waals surface area contributed by atoms with Crippen LogP contribution in [-0.2, 0) is 0 Å². The fourth-order valence-electron chi connectivity index (χ4n) is 5.94. The molecule has 186 valence electrons. The van der Waals surface area contributed by atoms with Crippen LogP contribution in [0.15, 0.2) is 121 Å². The molecule has 0 unspecified atom stereocenters. The van der Waals surface area contributed by atoms with E-state index in [1.165, 1.54) is 25.6 Å². The smallest absolute Gasteiger partial charge is 0.161 e. The summed E-state index contributed by atoms with van der Waals surface area (Å²) in [6, 6.07) is 40.3. The van der Waals surface area contributed by atoms with Crippen LogP contribution in [-0.4, -0.2) is 19.4 Å². The van der Waals surface area contributed by atoms with Crippen LogP contribution >= 0.6 is 11.3 Å². The normalized spacial score (nSPS) is 12.0. The summed E-state index contributed by atoms with van der Waals surface area (Å²) in [5.41, 5.74) is 7.00. The van der Waals surface area contributed by atoms with Crippen LogP contribution in [0, 0.1) is 0 Å². The summed E-state index contributed by atoms with van der Waals surface area (Å²) in [6.45, 7) is 0. The Kier molecular flexibility index (Phi) is 4.45. The third-order valence-corrected chi connectivity index (χ3v) is 8.97. The van der Waals surface area contributed by atoms with Crippen LogP contribution in [0.5, 0.6) is 0 Å². The minimum absolute atomic E-state index is 0.725. The zero-order valence-corrected chi connectivity index (χ0v) is 22.1. The van der Waals surface area contributed by atoms with E-state index in [1.807, 2.05) is 18.2 Å². The number of pyridine rings is 1. The van der Waals surface area contributed by atoms with Gasteiger partial charge in [0.2, 0.25) is 0 Å². The van der Waals surface area contributed by atoms with Crippen molar-refractivity contribution in [1.82, 2.24) is 19.4 Å². The van der Waals surface area contributed by atoms with Gasteiger partial charge >= 0.3 is 0 Å². The number of para-hydroxylation sites is 1. The maximum Gasteiger partial charge on any atom is 0.161 e. The first kappa shape index (κ1) is 21.8. The molecule has 0 radical (unpaired) electrons. The van der Waals surface area contributed by atoms with Gasteiger partial charge in [0, 0.05) is 38.2 Å². The van der Waals surface area contributed by atoms with Gasteiger partial charge in [-0.1, -0.05) is 78.9 Å². The molecule has 5 heteroatoms. The van der Waals surface area contributed by atoms with E-state index < -0.39 is 0 Å². The molecule has 0 aliphatic heterocycles. The van der Waals surface area contributed by atoms with Crippen molar-refractivity contribution in [2.75, 3.05) is 0 Å². The van der Waals surface area contributed by atoms with E-state index in [1.54, 1.807) is 11.3 Å². The number of aromatic nitrogens is 4. The van der Waals surface area contributed by atoms with Crippen molar-refractivity contribution < 1.29 is 0 Å². The van der Waals surface area contributed by atoms with E-state index in [9.17, 15) is 0 Å². The highest BCUT2D eigenvalue weighted by Gasteiger charge is 2.21. The Hall–Kier alpha value is -5.13. The average Bonchev–Trinajstić information content (AvgIpc) is 3.59. The largest absolute Gasteiger partial charge is 0.300 e. The Morgan fingerprint density at radius 2 is 1.43 bits per heavy atom. The second-order valence-electron chi connectivity index (χ2n) is 10.1. The van der Waals surface area contributed by atoms with Crippen molar-refractivity contribution in [2.45, 2.75) is 0 Å². The topological polar surface area (TPSA) is 43.1 Å². The predicted octanol–water partition coefficient (Wildman–Crippen LogP) is 9.29. The molecule has 0 fully saturated rings. The minimum Gasteiger partial charge on any atom is -0.300 e. The molecule has 9 aromatic rings. The molecule has 0 bridgehead atoms. The van der Waals surface area contributed by atoms with E-state index in [-0.39, 0.29) is 0 Å². The Morgan fingerprint density at radius 3 is 2.38 bits per heavy atom. The van der Waals surface area contributed by atoms with Gasteiger partial charge in [-0.15, -0.1) is 11.3 Å². The van der Waals surface area contributed by atoms with E-state index in [2.05, 4.69) is 108 Å². The molecule has 0 atom stereocenters. The summed E-state index contributed by atoms with van der Waals surface area (Å²) in [5.74, 6) is 0.725. The summed E-state index contributed by atoms with van der Waals surface area (Å²) < 4.78 is 4.56. The minimum atomic E-state index is 0.725. The first-order valence-electron chi connectivity index (χ1n) is 13.3. The zero-order chi connectivity index (χ0) is 26.2. The molecule has 40 heavy (non-hydrogen) atoms. The van der Waals surface area contributed by atoms with Gasteiger partial charge in [-0.3, -0.25) is 4.40 Å². The zero-order valence-electron chi connectivity index (χ0n) is 21.2. The fraction of sp³-hybridized carbons (Fsp3) is 0. The van der Waals surface area contributed by atoms with Crippen LogP contribution in [0.3, 0.4) is 0 Å². The van der Waals surface area contributed by atoms with Gasteiger partial charge in [-0.05, 0) is 47.2 Å². The first-order valence-corrected chi connectivity index (χ1v) is 14.1. The number of rotatable bonds is 2. The van der Waals surface area contributed by atoms with Crippen LogP contribution in [0.1, 0.15) is 0 Å². The van der Waals surface area contributed by atoms with Crippen molar-refractivity contribution in [3.05, 3.63) is 121 Å². The molecule has 0 saturated heterocycles. The van der Waals surface area contributed by atoms with Crippen molar-refractivity contribution in [1.29, 1.82) is 0 Å². The van der Waals surface area contributed by atoms with E-state index in [4.69, 9.17) is 15.0 Å². The summed E-state index contributed by atoms with van der Waals surface area (Å²) in [6.07, 6.45) is 2.08. The van der Waals surface area contributed by atoms with Crippen molar-refractivity contribution in [2.24, 2.45) is 0 Å². The van der Waals surface area contributed by atoms with Gasteiger partial charge in [0.15, 0.2) is 5.82 Å². The van der Waals surface area contributed by atoms with E-state index >= 15 is 0 Å². The van der Waals surface area contributed by atoms with Gasteiger partial charge in [-0.25, -0.2) is 15.0 Å². The second-order valence-corrected chi connectivity index (χ2v) is 11.2. The van der Waals surface area contributed by atoms with Crippen LogP contribution in [0.2, 0.25) is 0 Å². The Morgan fingerprint density at radius 1 is 0.625 bits per heavy atom. The molecule has 0 spiro atoms. The van der Waals surface area contributed by atoms with Gasteiger partial charge in [0.1, 0.15) is 11.2 Å². The molecule has 0 aliphatic carbocycles. The van der Waals surface area contributed by atoms with Crippen molar-refractivity contribution in [3.63, 3.8) is 0 Å². The van der Waals surface area contributed by atoms with E-state index in [0.29, 0.717) is 0 Å². The highest BCUT2D eigenvalue weighted by Crippen LogP contribution is 2.44. The summed E-state index contributed by atoms with van der Waals surface area (Å²) in [5, 5.41) is 5.83. The number of nitrogens with zero attached hydrogens (tertiary/aromatic N) is 4. The predicted molar refractivity (Wildman–Crippen MR) is 167 cm³/mol. The number of fused-ring (bicyclic) bond motifs is 9. The molecule has 4 heterocycles. The second kappa shape index (κ2) is 8.18. The molecule has 0 aliphatic rings. The lowest BCUT2D eigenvalue weighted by Crippen LogP contribution is -1.96. The van der Waals surface area contributed by atoms with Gasteiger partial charge in [-0.2, -0.15) is 0 Å². The van der Waals surface area contributed by atoms with Gasteiger partial charge < -0.3 is 0 Å². The van der Waals surface area contributed by atoms with Crippen LogP contribution in [0.4, 0.5) is 0 Å². The van der Waals surface area contributed by atoms with Gasteiger partial charge in [0.25, 0.3) is 0 Å². The first-order chi connectivity index (χ1) is 19.8. The Balaban J connectivity index is 1.42. The molecule has 0 amide bonds. The third kappa shape index (κ3) is 3.09. The highest BCUT2D eigenvalue weighted by atomic mass is 32.1. The monoisotopic (exact) mass is 528 g/mol. The number of hydrogen-bond acceptors (Lipinski definition) is 4. The van der Waals surface area contributed by atoms with E-state index in [0.717, 1.165) is 55.6 Å². The van der Waals surface area contributed by atoms with Crippen molar-refractivity contribution in [3.8, 4) is 22.6 Å². The molecule has 0 N–H and O–H groups in total. The molecular formula is C35H20N4S. The quantitative estimate of drug-likeness (QED) is 0.225. The molecular weight excluding hydrogens is 508 g/mol. The molecule has 5 aromatic carbocycles. The Labute approximate surface area is 232 Å². The lowest BCUT2D eigenvalue weighted by Gasteiger charge is -2.11. The third-order valence-electron chi connectivity index (χ3n) is 7.79. The maximum absolute atomic E-state index is 5.32. The average molecular weight is 529 g/mol. The maximum atomic E-state index is 5.32. The SMILES string of the molecule is c1ccc2cc(-c3nc(-c4cc5c(nc6ccccn65)c5sc6ccccc6c45)nc4ccccc34)ccc2c1. The molecule has 9 rings (SSSR count). The summed E-state index contributed by atoms with van der Waals surface area (Å²) >= 11 is 1.79. The van der Waals surface area contributed by atoms with Crippen LogP contribution in [0.25, 0.3) is 81.2 Å². The van der Waals surface area contributed by atoms with Gasteiger partial charge in [0.05, 0.1) is 21.4 Å². The number of hydrogen-bond donors (Lipinski definition) is 0.